The third-order valence-electron chi connectivity index (χ3n) is 2.98. The number of carbonyl (C=O) groups excluding carboxylic acids is 1. The molecule has 4 nitrogen and oxygen atoms in total. The van der Waals surface area contributed by atoms with E-state index in [0.717, 1.165) is 24.4 Å². The molecule has 1 rings (SSSR count). The van der Waals surface area contributed by atoms with Gasteiger partial charge in [-0.05, 0) is 39.3 Å². The molecule has 0 aliphatic carbocycles. The summed E-state index contributed by atoms with van der Waals surface area (Å²) in [7, 11) is 0. The first kappa shape index (κ1) is 17.6. The molecule has 0 aliphatic rings. The normalized spacial score (nSPS) is 13.9. The van der Waals surface area contributed by atoms with Crippen LogP contribution >= 0.6 is 0 Å². The van der Waals surface area contributed by atoms with Crippen LogP contribution in [-0.2, 0) is 10.2 Å². The van der Waals surface area contributed by atoms with Crippen molar-refractivity contribution in [3.63, 3.8) is 0 Å². The summed E-state index contributed by atoms with van der Waals surface area (Å²) in [6, 6.07) is 3.77. The molecule has 0 radical (unpaired) electrons. The highest BCUT2D eigenvalue weighted by Crippen LogP contribution is 2.28. The number of alkyl carbamates (subject to hydrolysis) is 1. The molecule has 1 heterocycles. The van der Waals surface area contributed by atoms with Crippen LogP contribution in [0.2, 0.25) is 0 Å². The Kier molecular flexibility index (Phi) is 5.48. The van der Waals surface area contributed by atoms with E-state index in [1.165, 1.54) is 0 Å². The topological polar surface area (TPSA) is 51.5 Å². The van der Waals surface area contributed by atoms with E-state index < -0.39 is 11.7 Å². The zero-order chi connectivity index (χ0) is 16.3. The zero-order valence-electron chi connectivity index (χ0n) is 14.4. The molecule has 0 aromatic carbocycles. The number of ether oxygens (including phenoxy) is 1. The molecule has 0 fully saturated rings. The van der Waals surface area contributed by atoms with Crippen LogP contribution < -0.4 is 5.32 Å². The Labute approximate surface area is 128 Å². The summed E-state index contributed by atoms with van der Waals surface area (Å²) >= 11 is 0. The van der Waals surface area contributed by atoms with Gasteiger partial charge in [0.2, 0.25) is 0 Å². The van der Waals surface area contributed by atoms with Crippen LogP contribution in [0, 0.1) is 0 Å². The van der Waals surface area contributed by atoms with Crippen LogP contribution in [0.15, 0.2) is 16.5 Å². The molecule has 1 amide bonds. The highest BCUT2D eigenvalue weighted by atomic mass is 16.6. The van der Waals surface area contributed by atoms with Crippen molar-refractivity contribution in [2.75, 3.05) is 0 Å². The van der Waals surface area contributed by atoms with Crippen molar-refractivity contribution in [1.29, 1.82) is 0 Å². The summed E-state index contributed by atoms with van der Waals surface area (Å²) in [5, 5.41) is 2.90. The number of amides is 1. The average Bonchev–Trinajstić information content (AvgIpc) is 2.74. The largest absolute Gasteiger partial charge is 0.463 e. The third-order valence-corrected chi connectivity index (χ3v) is 2.98. The summed E-state index contributed by atoms with van der Waals surface area (Å²) in [5.41, 5.74) is -0.540. The summed E-state index contributed by atoms with van der Waals surface area (Å²) in [4.78, 5) is 11.9. The maximum atomic E-state index is 11.9. The van der Waals surface area contributed by atoms with E-state index in [-0.39, 0.29) is 11.5 Å². The SMILES string of the molecule is CCC[C@@H](NC(=O)OC(C)(C)C)c1ccc(C(C)(C)C)o1. The minimum atomic E-state index is -0.499. The van der Waals surface area contributed by atoms with Gasteiger partial charge in [-0.2, -0.15) is 0 Å². The van der Waals surface area contributed by atoms with Gasteiger partial charge in [-0.3, -0.25) is 0 Å². The van der Waals surface area contributed by atoms with Crippen molar-refractivity contribution in [2.45, 2.75) is 78.4 Å². The third kappa shape index (κ3) is 5.82. The van der Waals surface area contributed by atoms with Crippen LogP contribution in [0.25, 0.3) is 0 Å². The molecule has 1 atom stereocenters. The Balaban J connectivity index is 2.82. The quantitative estimate of drug-likeness (QED) is 0.855. The Morgan fingerprint density at radius 1 is 1.24 bits per heavy atom. The van der Waals surface area contributed by atoms with E-state index in [1.807, 2.05) is 32.9 Å². The molecule has 0 saturated carbocycles. The van der Waals surface area contributed by atoms with Crippen LogP contribution in [0.3, 0.4) is 0 Å². The molecule has 4 heteroatoms. The van der Waals surface area contributed by atoms with Crippen LogP contribution in [0.1, 0.15) is 78.9 Å². The first-order valence-electron chi connectivity index (χ1n) is 7.62. The zero-order valence-corrected chi connectivity index (χ0v) is 14.4. The second kappa shape index (κ2) is 6.54. The lowest BCUT2D eigenvalue weighted by Crippen LogP contribution is -2.34. The predicted molar refractivity (Wildman–Crippen MR) is 84.4 cm³/mol. The molecule has 0 saturated heterocycles. The molecule has 0 aliphatic heterocycles. The lowest BCUT2D eigenvalue weighted by molar-refractivity contribution is 0.0493. The first-order chi connectivity index (χ1) is 9.53. The van der Waals surface area contributed by atoms with Gasteiger partial charge in [0.05, 0.1) is 6.04 Å². The fourth-order valence-electron chi connectivity index (χ4n) is 1.97. The summed E-state index contributed by atoms with van der Waals surface area (Å²) in [6.45, 7) is 13.9. The molecule has 0 unspecified atom stereocenters. The number of carbonyl (C=O) groups is 1. The maximum Gasteiger partial charge on any atom is 0.408 e. The van der Waals surface area contributed by atoms with E-state index in [9.17, 15) is 4.79 Å². The van der Waals surface area contributed by atoms with E-state index in [1.54, 1.807) is 0 Å². The molecular formula is C17H29NO3. The number of nitrogens with one attached hydrogen (secondary N) is 1. The average molecular weight is 295 g/mol. The van der Waals surface area contributed by atoms with Crippen LogP contribution in [-0.4, -0.2) is 11.7 Å². The van der Waals surface area contributed by atoms with Crippen molar-refractivity contribution < 1.29 is 13.9 Å². The van der Waals surface area contributed by atoms with E-state index in [4.69, 9.17) is 9.15 Å². The number of hydrogen-bond acceptors (Lipinski definition) is 3. The standard InChI is InChI=1S/C17H29NO3/c1-8-9-12(18-15(19)21-17(5,6)7)13-10-11-14(20-13)16(2,3)4/h10-12H,8-9H2,1-7H3,(H,18,19)/t12-/m1/s1. The van der Waals surface area contributed by atoms with E-state index in [2.05, 4.69) is 33.0 Å². The van der Waals surface area contributed by atoms with E-state index >= 15 is 0 Å². The van der Waals surface area contributed by atoms with Gasteiger partial charge in [0, 0.05) is 5.41 Å². The minimum absolute atomic E-state index is 0.0407. The molecule has 0 spiro atoms. The van der Waals surface area contributed by atoms with Gasteiger partial charge in [-0.15, -0.1) is 0 Å². The molecule has 1 aromatic rings. The fraction of sp³-hybridized carbons (Fsp3) is 0.706. The van der Waals surface area contributed by atoms with Gasteiger partial charge in [-0.1, -0.05) is 34.1 Å². The smallest absolute Gasteiger partial charge is 0.408 e. The summed E-state index contributed by atoms with van der Waals surface area (Å²) in [5.74, 6) is 1.71. The van der Waals surface area contributed by atoms with Gasteiger partial charge in [0.15, 0.2) is 0 Å². The van der Waals surface area contributed by atoms with Gasteiger partial charge in [-0.25, -0.2) is 4.79 Å². The van der Waals surface area contributed by atoms with Crippen molar-refractivity contribution >= 4 is 6.09 Å². The number of rotatable bonds is 4. The Bertz CT molecular complexity index is 463. The highest BCUT2D eigenvalue weighted by molar-refractivity contribution is 5.68. The van der Waals surface area contributed by atoms with Crippen molar-refractivity contribution in [1.82, 2.24) is 5.32 Å². The Morgan fingerprint density at radius 2 is 1.86 bits per heavy atom. The Hall–Kier alpha value is -1.45. The maximum absolute atomic E-state index is 11.9. The van der Waals surface area contributed by atoms with Gasteiger partial charge < -0.3 is 14.5 Å². The molecule has 1 aromatic heterocycles. The lowest BCUT2D eigenvalue weighted by Gasteiger charge is -2.23. The van der Waals surface area contributed by atoms with Gasteiger partial charge in [0.25, 0.3) is 0 Å². The van der Waals surface area contributed by atoms with Gasteiger partial charge >= 0.3 is 6.09 Å². The second-order valence-electron chi connectivity index (χ2n) is 7.44. The Morgan fingerprint density at radius 3 is 2.29 bits per heavy atom. The molecule has 1 N–H and O–H groups in total. The van der Waals surface area contributed by atoms with Crippen molar-refractivity contribution in [3.8, 4) is 0 Å². The monoisotopic (exact) mass is 295 g/mol. The number of furan rings is 1. The molecule has 0 bridgehead atoms. The summed E-state index contributed by atoms with van der Waals surface area (Å²) in [6.07, 6.45) is 1.36. The van der Waals surface area contributed by atoms with Crippen molar-refractivity contribution in [3.05, 3.63) is 23.7 Å². The van der Waals surface area contributed by atoms with E-state index in [0.29, 0.717) is 0 Å². The van der Waals surface area contributed by atoms with Crippen LogP contribution in [0.4, 0.5) is 4.79 Å². The molecular weight excluding hydrogens is 266 g/mol. The van der Waals surface area contributed by atoms with Crippen LogP contribution in [0.5, 0.6) is 0 Å². The number of hydrogen-bond donors (Lipinski definition) is 1. The molecule has 21 heavy (non-hydrogen) atoms. The molecule has 120 valence electrons. The fourth-order valence-corrected chi connectivity index (χ4v) is 1.97. The predicted octanol–water partition coefficient (Wildman–Crippen LogP) is 4.94. The minimum Gasteiger partial charge on any atom is -0.463 e. The first-order valence-corrected chi connectivity index (χ1v) is 7.62. The van der Waals surface area contributed by atoms with Gasteiger partial charge in [0.1, 0.15) is 17.1 Å². The van der Waals surface area contributed by atoms with Crippen molar-refractivity contribution in [2.24, 2.45) is 0 Å². The second-order valence-corrected chi connectivity index (χ2v) is 7.44. The summed E-state index contributed by atoms with van der Waals surface area (Å²) < 4.78 is 11.2. The lowest BCUT2D eigenvalue weighted by atomic mass is 9.94. The highest BCUT2D eigenvalue weighted by Gasteiger charge is 2.24.